The Morgan fingerprint density at radius 1 is 1.20 bits per heavy atom. The molecule has 8 nitrogen and oxygen atoms in total. The molecule has 2 aliphatic rings. The highest BCUT2D eigenvalue weighted by Gasteiger charge is 2.53. The van der Waals surface area contributed by atoms with Crippen molar-refractivity contribution < 1.29 is 19.1 Å². The van der Waals surface area contributed by atoms with Gasteiger partial charge >= 0.3 is 5.97 Å². The number of carboxylic acid groups (broad SMARTS) is 1. The van der Waals surface area contributed by atoms with Gasteiger partial charge in [-0.1, -0.05) is 18.2 Å². The molecule has 1 N–H and O–H groups in total. The van der Waals surface area contributed by atoms with E-state index in [0.717, 1.165) is 17.7 Å². The van der Waals surface area contributed by atoms with Gasteiger partial charge in [0, 0.05) is 61.7 Å². The average molecular weight is 406 g/mol. The number of likely N-dealkylation sites (tertiary alicyclic amines) is 1. The van der Waals surface area contributed by atoms with Crippen molar-refractivity contribution in [3.63, 3.8) is 0 Å². The predicted molar refractivity (Wildman–Crippen MR) is 109 cm³/mol. The molecule has 0 unspecified atom stereocenters. The van der Waals surface area contributed by atoms with Crippen LogP contribution in [0.2, 0.25) is 0 Å². The molecule has 1 amide bonds. The number of rotatable bonds is 5. The molecule has 0 radical (unpaired) electrons. The third-order valence-electron chi connectivity index (χ3n) is 6.39. The Hall–Kier alpha value is -3.42. The summed E-state index contributed by atoms with van der Waals surface area (Å²) in [5.74, 6) is 0.337. The first-order valence-electron chi connectivity index (χ1n) is 10.0. The predicted octanol–water partition coefficient (Wildman–Crippen LogP) is 2.67. The number of hydrogen-bond donors (Lipinski definition) is 1. The summed E-state index contributed by atoms with van der Waals surface area (Å²) in [6.45, 7) is 2.47. The molecule has 5 rings (SSSR count). The van der Waals surface area contributed by atoms with E-state index in [0.29, 0.717) is 37.4 Å². The summed E-state index contributed by atoms with van der Waals surface area (Å²) in [5, 5.41) is 10.2. The van der Waals surface area contributed by atoms with Crippen LogP contribution in [0.5, 0.6) is 0 Å². The third-order valence-corrected chi connectivity index (χ3v) is 6.39. The first-order valence-corrected chi connectivity index (χ1v) is 10.0. The number of fused-ring (bicyclic) bond motifs is 2. The summed E-state index contributed by atoms with van der Waals surface area (Å²) in [4.78, 5) is 37.0. The van der Waals surface area contributed by atoms with Crippen LogP contribution in [-0.4, -0.2) is 58.0 Å². The summed E-state index contributed by atoms with van der Waals surface area (Å²) in [6, 6.07) is 9.33. The molecule has 2 aromatic heterocycles. The maximum absolute atomic E-state index is 13.2. The summed E-state index contributed by atoms with van der Waals surface area (Å²) < 4.78 is 5.77. The number of amides is 1. The Morgan fingerprint density at radius 2 is 2.07 bits per heavy atom. The van der Waals surface area contributed by atoms with Crippen LogP contribution in [0.15, 0.2) is 53.3 Å². The molecule has 4 heterocycles. The standard InChI is InChI=1S/C22H22N4O4/c27-20(28)5-6-22-13-25(19-10-23-7-8-24-19)11-16(22)12-26(14-22)21(29)18-9-15-3-1-2-4-17(15)30-18/h1-4,7-10,16H,5-6,11-14H2,(H,27,28)/t16-,22+/m0/s1. The fraction of sp³-hybridized carbons (Fsp3) is 0.364. The zero-order chi connectivity index (χ0) is 20.7. The highest BCUT2D eigenvalue weighted by atomic mass is 16.4. The van der Waals surface area contributed by atoms with Crippen molar-refractivity contribution >= 4 is 28.7 Å². The lowest BCUT2D eigenvalue weighted by atomic mass is 9.77. The Labute approximate surface area is 173 Å². The van der Waals surface area contributed by atoms with Crippen LogP contribution in [0.3, 0.4) is 0 Å². The molecule has 2 atom stereocenters. The number of carbonyl (C=O) groups is 2. The number of anilines is 1. The van der Waals surface area contributed by atoms with E-state index >= 15 is 0 Å². The van der Waals surface area contributed by atoms with E-state index in [1.165, 1.54) is 0 Å². The number of aliphatic carboxylic acids is 1. The molecule has 0 aliphatic carbocycles. The van der Waals surface area contributed by atoms with Crippen molar-refractivity contribution in [1.82, 2.24) is 14.9 Å². The Kier molecular flexibility index (Phi) is 4.42. The minimum atomic E-state index is -0.817. The van der Waals surface area contributed by atoms with Crippen molar-refractivity contribution in [3.8, 4) is 0 Å². The first-order chi connectivity index (χ1) is 14.5. The normalized spacial score (nSPS) is 23.1. The van der Waals surface area contributed by atoms with Crippen molar-refractivity contribution in [2.45, 2.75) is 12.8 Å². The van der Waals surface area contributed by atoms with E-state index in [2.05, 4.69) is 14.9 Å². The molecule has 30 heavy (non-hydrogen) atoms. The Balaban J connectivity index is 1.39. The molecule has 2 aliphatic heterocycles. The summed E-state index contributed by atoms with van der Waals surface area (Å²) >= 11 is 0. The van der Waals surface area contributed by atoms with Crippen LogP contribution in [-0.2, 0) is 4.79 Å². The molecule has 0 spiro atoms. The Bertz CT molecular complexity index is 1070. The van der Waals surface area contributed by atoms with Crippen molar-refractivity contribution in [3.05, 3.63) is 54.7 Å². The maximum atomic E-state index is 13.2. The van der Waals surface area contributed by atoms with Crippen LogP contribution in [0.1, 0.15) is 23.4 Å². The van der Waals surface area contributed by atoms with E-state index in [4.69, 9.17) is 4.42 Å². The Morgan fingerprint density at radius 3 is 2.83 bits per heavy atom. The molecule has 2 fully saturated rings. The van der Waals surface area contributed by atoms with E-state index in [1.807, 2.05) is 29.2 Å². The van der Waals surface area contributed by atoms with Gasteiger partial charge in [0.1, 0.15) is 11.4 Å². The fourth-order valence-corrected chi connectivity index (χ4v) is 4.92. The van der Waals surface area contributed by atoms with Gasteiger partial charge in [-0.3, -0.25) is 14.6 Å². The van der Waals surface area contributed by atoms with Crippen molar-refractivity contribution in [1.29, 1.82) is 0 Å². The molecule has 8 heteroatoms. The van der Waals surface area contributed by atoms with Gasteiger partial charge in [-0.05, 0) is 18.6 Å². The lowest BCUT2D eigenvalue weighted by Gasteiger charge is -2.29. The quantitative estimate of drug-likeness (QED) is 0.695. The number of hydrogen-bond acceptors (Lipinski definition) is 6. The second-order valence-electron chi connectivity index (χ2n) is 8.23. The van der Waals surface area contributed by atoms with Crippen LogP contribution in [0.25, 0.3) is 11.0 Å². The van der Waals surface area contributed by atoms with Crippen molar-refractivity contribution in [2.24, 2.45) is 11.3 Å². The number of benzene rings is 1. The first kappa shape index (κ1) is 18.6. The SMILES string of the molecule is O=C(O)CC[C@@]12CN(C(=O)c3cc4ccccc4o3)C[C@@H]1CN(c1cnccn1)C2. The minimum Gasteiger partial charge on any atom is -0.481 e. The lowest BCUT2D eigenvalue weighted by Crippen LogP contribution is -2.37. The number of nitrogens with zero attached hydrogens (tertiary/aromatic N) is 4. The zero-order valence-corrected chi connectivity index (χ0v) is 16.4. The van der Waals surface area contributed by atoms with Crippen LogP contribution >= 0.6 is 0 Å². The van der Waals surface area contributed by atoms with Gasteiger partial charge in [-0.15, -0.1) is 0 Å². The summed E-state index contributed by atoms with van der Waals surface area (Å²) in [7, 11) is 0. The van der Waals surface area contributed by atoms with Crippen LogP contribution in [0.4, 0.5) is 5.82 Å². The second-order valence-corrected chi connectivity index (χ2v) is 8.23. The smallest absolute Gasteiger partial charge is 0.303 e. The monoisotopic (exact) mass is 406 g/mol. The fourth-order valence-electron chi connectivity index (χ4n) is 4.92. The molecule has 1 aromatic carbocycles. The molecular weight excluding hydrogens is 384 g/mol. The van der Waals surface area contributed by atoms with Gasteiger partial charge < -0.3 is 19.3 Å². The van der Waals surface area contributed by atoms with Crippen LogP contribution in [0, 0.1) is 11.3 Å². The molecule has 2 saturated heterocycles. The van der Waals surface area contributed by atoms with Crippen LogP contribution < -0.4 is 4.90 Å². The summed E-state index contributed by atoms with van der Waals surface area (Å²) in [6.07, 6.45) is 5.62. The highest BCUT2D eigenvalue weighted by molar-refractivity contribution is 5.96. The van der Waals surface area contributed by atoms with E-state index < -0.39 is 5.97 Å². The van der Waals surface area contributed by atoms with Gasteiger partial charge in [0.15, 0.2) is 5.76 Å². The van der Waals surface area contributed by atoms with Gasteiger partial charge in [0.05, 0.1) is 6.20 Å². The van der Waals surface area contributed by atoms with E-state index in [-0.39, 0.29) is 23.7 Å². The highest BCUT2D eigenvalue weighted by Crippen LogP contribution is 2.47. The molecular formula is C22H22N4O4. The average Bonchev–Trinajstić information content (AvgIpc) is 3.43. The topological polar surface area (TPSA) is 99.8 Å². The van der Waals surface area contributed by atoms with Gasteiger partial charge in [-0.2, -0.15) is 0 Å². The van der Waals surface area contributed by atoms with Gasteiger partial charge in [-0.25, -0.2) is 4.98 Å². The van der Waals surface area contributed by atoms with Crippen molar-refractivity contribution in [2.75, 3.05) is 31.1 Å². The maximum Gasteiger partial charge on any atom is 0.303 e. The van der Waals surface area contributed by atoms with Gasteiger partial charge in [0.25, 0.3) is 5.91 Å². The number of aromatic nitrogens is 2. The third kappa shape index (κ3) is 3.18. The number of carboxylic acids is 1. The molecule has 3 aromatic rings. The zero-order valence-electron chi connectivity index (χ0n) is 16.4. The molecule has 0 saturated carbocycles. The summed E-state index contributed by atoms with van der Waals surface area (Å²) in [5.41, 5.74) is 0.409. The van der Waals surface area contributed by atoms with E-state index in [9.17, 15) is 14.7 Å². The number of furan rings is 1. The van der Waals surface area contributed by atoms with E-state index in [1.54, 1.807) is 24.7 Å². The lowest BCUT2D eigenvalue weighted by molar-refractivity contribution is -0.137. The van der Waals surface area contributed by atoms with Gasteiger partial charge in [0.2, 0.25) is 0 Å². The largest absolute Gasteiger partial charge is 0.481 e. The number of para-hydroxylation sites is 1. The second kappa shape index (κ2) is 7.12. The molecule has 0 bridgehead atoms. The number of carbonyl (C=O) groups excluding carboxylic acids is 1. The molecule has 154 valence electrons. The minimum absolute atomic E-state index is 0.0808.